The number of allylic oxidation sites excluding steroid dienone is 1. The Morgan fingerprint density at radius 3 is 1.57 bits per heavy atom. The fourth-order valence-corrected chi connectivity index (χ4v) is 6.29. The van der Waals surface area contributed by atoms with E-state index in [-0.39, 0.29) is 0 Å². The maximum Gasteiger partial charge on any atom is 0.152 e. The predicted molar refractivity (Wildman–Crippen MR) is 114 cm³/mol. The summed E-state index contributed by atoms with van der Waals surface area (Å²) in [6.07, 6.45) is 3.60. The van der Waals surface area contributed by atoms with Gasteiger partial charge in [0.05, 0.1) is 17.8 Å². The molecule has 4 heteroatoms. The molecule has 0 saturated carbocycles. The van der Waals surface area contributed by atoms with E-state index in [1.807, 2.05) is 109 Å². The average Bonchev–Trinajstić information content (AvgIpc) is 2.78. The number of rotatable bonds is 6. The van der Waals surface area contributed by atoms with Crippen LogP contribution in [0.2, 0.25) is 0 Å². The van der Waals surface area contributed by atoms with E-state index in [2.05, 4.69) is 0 Å². The zero-order valence-corrected chi connectivity index (χ0v) is 16.1. The Kier molecular flexibility index (Phi) is 6.23. The molecule has 3 aromatic rings. The minimum atomic E-state index is -3.29. The number of hydrogen-bond donors (Lipinski definition) is 0. The molecule has 1 unspecified atom stereocenters. The summed E-state index contributed by atoms with van der Waals surface area (Å²) >= 11 is 0. The molecular weight excluding hydrogens is 363 g/mol. The zero-order chi connectivity index (χ0) is 19.8. The third-order valence-corrected chi connectivity index (χ3v) is 8.05. The molecule has 3 rings (SSSR count). The highest BCUT2D eigenvalue weighted by Gasteiger charge is 2.40. The predicted octanol–water partition coefficient (Wildman–Crippen LogP) is 4.75. The maximum absolute atomic E-state index is 14.5. The first-order valence-corrected chi connectivity index (χ1v) is 10.7. The first kappa shape index (κ1) is 19.4. The van der Waals surface area contributed by atoms with Crippen LogP contribution in [-0.4, -0.2) is 5.66 Å². The number of benzene rings is 3. The molecule has 0 aliphatic carbocycles. The van der Waals surface area contributed by atoms with Crippen LogP contribution in [0.25, 0.3) is 6.08 Å². The lowest BCUT2D eigenvalue weighted by Crippen LogP contribution is -2.29. The highest BCUT2D eigenvalue weighted by Crippen LogP contribution is 2.52. The van der Waals surface area contributed by atoms with Gasteiger partial charge in [-0.15, -0.1) is 0 Å². The first-order chi connectivity index (χ1) is 13.7. The van der Waals surface area contributed by atoms with Crippen molar-refractivity contribution in [2.45, 2.75) is 5.66 Å². The molecule has 0 heterocycles. The van der Waals surface area contributed by atoms with Gasteiger partial charge in [-0.2, -0.15) is 10.5 Å². The molecule has 0 radical (unpaired) electrons. The van der Waals surface area contributed by atoms with E-state index in [1.54, 1.807) is 6.08 Å². The minimum absolute atomic E-state index is 0.638. The highest BCUT2D eigenvalue weighted by atomic mass is 31.2. The summed E-state index contributed by atoms with van der Waals surface area (Å²) in [5.74, 6) is -1.04. The normalized spacial score (nSPS) is 12.4. The minimum Gasteiger partial charge on any atom is -0.313 e. The summed E-state index contributed by atoms with van der Waals surface area (Å²) in [4.78, 5) is 0. The summed E-state index contributed by atoms with van der Waals surface area (Å²) < 4.78 is 14.5. The van der Waals surface area contributed by atoms with Crippen molar-refractivity contribution in [2.24, 2.45) is 5.92 Å². The topological polar surface area (TPSA) is 64.7 Å². The van der Waals surface area contributed by atoms with Gasteiger partial charge >= 0.3 is 0 Å². The third-order valence-electron chi connectivity index (χ3n) is 4.60. The lowest BCUT2D eigenvalue weighted by atomic mass is 10.1. The molecule has 0 fully saturated rings. The van der Waals surface area contributed by atoms with Crippen LogP contribution in [0.4, 0.5) is 0 Å². The molecule has 1 atom stereocenters. The standard InChI is InChI=1S/C24H19N2OP/c25-18-21(19-26)24(17-16-20-10-4-1-5-11-20)28(27,22-12-6-2-7-13-22)23-14-8-3-9-15-23/h1-17,21,24H/b17-16+. The van der Waals surface area contributed by atoms with Gasteiger partial charge in [0.2, 0.25) is 0 Å². The molecule has 136 valence electrons. The molecule has 0 N–H and O–H groups in total. The highest BCUT2D eigenvalue weighted by molar-refractivity contribution is 7.79. The molecule has 0 bridgehead atoms. The van der Waals surface area contributed by atoms with Crippen LogP contribution in [0.1, 0.15) is 5.56 Å². The van der Waals surface area contributed by atoms with E-state index < -0.39 is 18.7 Å². The van der Waals surface area contributed by atoms with Crippen LogP contribution < -0.4 is 10.6 Å². The summed E-state index contributed by atoms with van der Waals surface area (Å²) in [5.41, 5.74) is 0.169. The van der Waals surface area contributed by atoms with Crippen LogP contribution in [0, 0.1) is 28.6 Å². The summed E-state index contributed by atoms with van der Waals surface area (Å²) in [6, 6.07) is 32.0. The van der Waals surface area contributed by atoms with Crippen LogP contribution in [0.15, 0.2) is 97.1 Å². The van der Waals surface area contributed by atoms with Crippen molar-refractivity contribution in [3.8, 4) is 12.1 Å². The van der Waals surface area contributed by atoms with Gasteiger partial charge in [-0.05, 0) is 5.56 Å². The van der Waals surface area contributed by atoms with Crippen LogP contribution >= 0.6 is 7.14 Å². The summed E-state index contributed by atoms with van der Waals surface area (Å²) in [6.45, 7) is 0. The fourth-order valence-electron chi connectivity index (χ4n) is 3.19. The van der Waals surface area contributed by atoms with Crippen molar-refractivity contribution in [1.82, 2.24) is 0 Å². The molecule has 0 aliphatic heterocycles. The van der Waals surface area contributed by atoms with Gasteiger partial charge < -0.3 is 4.57 Å². The van der Waals surface area contributed by atoms with Crippen molar-refractivity contribution in [3.05, 3.63) is 103 Å². The molecule has 0 spiro atoms. The van der Waals surface area contributed by atoms with Gasteiger partial charge in [0, 0.05) is 10.6 Å². The first-order valence-electron chi connectivity index (χ1n) is 8.93. The van der Waals surface area contributed by atoms with E-state index in [0.717, 1.165) is 5.56 Å². The van der Waals surface area contributed by atoms with E-state index in [9.17, 15) is 15.1 Å². The molecule has 0 aliphatic rings. The monoisotopic (exact) mass is 382 g/mol. The van der Waals surface area contributed by atoms with E-state index in [1.165, 1.54) is 0 Å². The number of nitriles is 2. The van der Waals surface area contributed by atoms with E-state index in [0.29, 0.717) is 10.6 Å². The quantitative estimate of drug-likeness (QED) is 0.578. The van der Waals surface area contributed by atoms with Crippen molar-refractivity contribution < 1.29 is 4.57 Å². The van der Waals surface area contributed by atoms with Gasteiger partial charge in [0.15, 0.2) is 7.14 Å². The van der Waals surface area contributed by atoms with Gasteiger partial charge in [-0.25, -0.2) is 0 Å². The van der Waals surface area contributed by atoms with Gasteiger partial charge in [0.1, 0.15) is 5.92 Å². The van der Waals surface area contributed by atoms with Crippen LogP contribution in [0.3, 0.4) is 0 Å². The fraction of sp³-hybridized carbons (Fsp3) is 0.0833. The molecule has 0 aromatic heterocycles. The van der Waals surface area contributed by atoms with E-state index >= 15 is 0 Å². The van der Waals surface area contributed by atoms with Gasteiger partial charge in [-0.3, -0.25) is 0 Å². The lowest BCUT2D eigenvalue weighted by molar-refractivity contribution is 0.578. The van der Waals surface area contributed by atoms with Crippen molar-refractivity contribution >= 4 is 23.8 Å². The largest absolute Gasteiger partial charge is 0.313 e. The maximum atomic E-state index is 14.5. The second-order valence-corrected chi connectivity index (χ2v) is 9.27. The molecule has 3 nitrogen and oxygen atoms in total. The van der Waals surface area contributed by atoms with Crippen molar-refractivity contribution in [2.75, 3.05) is 0 Å². The Morgan fingerprint density at radius 1 is 0.714 bits per heavy atom. The molecular formula is C24H19N2OP. The van der Waals surface area contributed by atoms with Gasteiger partial charge in [0.25, 0.3) is 0 Å². The molecule has 0 amide bonds. The number of nitrogens with zero attached hydrogens (tertiary/aromatic N) is 2. The Balaban J connectivity index is 2.20. The summed E-state index contributed by atoms with van der Waals surface area (Å²) in [5, 5.41) is 20.5. The number of hydrogen-bond acceptors (Lipinski definition) is 3. The zero-order valence-electron chi connectivity index (χ0n) is 15.2. The Bertz CT molecular complexity index is 1010. The van der Waals surface area contributed by atoms with Crippen LogP contribution in [0.5, 0.6) is 0 Å². The Morgan fingerprint density at radius 2 is 1.14 bits per heavy atom. The lowest BCUT2D eigenvalue weighted by Gasteiger charge is -2.27. The smallest absolute Gasteiger partial charge is 0.152 e. The van der Waals surface area contributed by atoms with Crippen LogP contribution in [-0.2, 0) is 4.57 Å². The molecule has 0 saturated heterocycles. The van der Waals surface area contributed by atoms with Crippen molar-refractivity contribution in [1.29, 1.82) is 10.5 Å². The SMILES string of the molecule is N#CC(C#N)C(/C=C/c1ccccc1)P(=O)(c1ccccc1)c1ccccc1. The molecule has 3 aromatic carbocycles. The summed E-state index contributed by atoms with van der Waals surface area (Å²) in [7, 11) is -3.29. The average molecular weight is 382 g/mol. The second-order valence-electron chi connectivity index (χ2n) is 6.33. The van der Waals surface area contributed by atoms with Crippen molar-refractivity contribution in [3.63, 3.8) is 0 Å². The Labute approximate surface area is 165 Å². The molecule has 28 heavy (non-hydrogen) atoms. The van der Waals surface area contributed by atoms with E-state index in [4.69, 9.17) is 0 Å². The third kappa shape index (κ3) is 3.96. The second kappa shape index (κ2) is 9.01. The van der Waals surface area contributed by atoms with Gasteiger partial charge in [-0.1, -0.05) is 103 Å². The Hall–Kier alpha value is -3.39.